The van der Waals surface area contributed by atoms with Crippen LogP contribution in [0.25, 0.3) is 0 Å². The van der Waals surface area contributed by atoms with Crippen molar-refractivity contribution in [1.29, 1.82) is 0 Å². The highest BCUT2D eigenvalue weighted by atomic mass is 79.9. The maximum atomic E-state index is 12.1. The van der Waals surface area contributed by atoms with Crippen molar-refractivity contribution >= 4 is 37.8 Å². The fourth-order valence-electron chi connectivity index (χ4n) is 1.43. The predicted octanol–water partition coefficient (Wildman–Crippen LogP) is 0.446. The Morgan fingerprint density at radius 3 is 2.45 bits per heavy atom. The number of aliphatic carboxylic acids is 1. The Bertz CT molecular complexity index is 617. The van der Waals surface area contributed by atoms with Crippen LogP contribution >= 0.6 is 15.9 Å². The van der Waals surface area contributed by atoms with E-state index in [1.807, 2.05) is 4.72 Å². The molecule has 9 heteroatoms. The number of nitrogens with two attached hydrogens (primary N) is 1. The second kappa shape index (κ2) is 6.82. The van der Waals surface area contributed by atoms with E-state index in [1.54, 1.807) is 6.07 Å². The van der Waals surface area contributed by atoms with Gasteiger partial charge in [0.05, 0.1) is 4.90 Å². The zero-order valence-electron chi connectivity index (χ0n) is 10.2. The first-order valence-electron chi connectivity index (χ1n) is 5.52. The largest absolute Gasteiger partial charge is 0.480 e. The average Bonchev–Trinajstić information content (AvgIpc) is 2.34. The van der Waals surface area contributed by atoms with Crippen LogP contribution in [0, 0.1) is 0 Å². The number of primary amides is 1. The lowest BCUT2D eigenvalue weighted by Gasteiger charge is -2.14. The lowest BCUT2D eigenvalue weighted by atomic mass is 10.2. The normalized spacial score (nSPS) is 12.8. The minimum Gasteiger partial charge on any atom is -0.480 e. The van der Waals surface area contributed by atoms with Gasteiger partial charge in [0.2, 0.25) is 15.9 Å². The molecule has 4 N–H and O–H groups in total. The smallest absolute Gasteiger partial charge is 0.321 e. The molecule has 0 aromatic heterocycles. The lowest BCUT2D eigenvalue weighted by Crippen LogP contribution is -2.41. The van der Waals surface area contributed by atoms with Crippen molar-refractivity contribution in [2.45, 2.75) is 23.8 Å². The van der Waals surface area contributed by atoms with Gasteiger partial charge in [-0.15, -0.1) is 0 Å². The predicted molar refractivity (Wildman–Crippen MR) is 74.3 cm³/mol. The molecule has 0 radical (unpaired) electrons. The van der Waals surface area contributed by atoms with Crippen molar-refractivity contribution < 1.29 is 23.1 Å². The summed E-state index contributed by atoms with van der Waals surface area (Å²) in [7, 11) is -4.01. The molecule has 0 spiro atoms. The summed E-state index contributed by atoms with van der Waals surface area (Å²) < 4.78 is 26.5. The van der Waals surface area contributed by atoms with Gasteiger partial charge < -0.3 is 10.8 Å². The van der Waals surface area contributed by atoms with Crippen LogP contribution < -0.4 is 10.5 Å². The van der Waals surface area contributed by atoms with Crippen molar-refractivity contribution in [2.24, 2.45) is 5.73 Å². The second-order valence-corrected chi connectivity index (χ2v) is 6.48. The minimum absolute atomic E-state index is 0.0784. The molecule has 1 aromatic rings. The highest BCUT2D eigenvalue weighted by Crippen LogP contribution is 2.21. The summed E-state index contributed by atoms with van der Waals surface area (Å²) in [6.45, 7) is 0. The third-order valence-electron chi connectivity index (χ3n) is 2.40. The average molecular weight is 365 g/mol. The van der Waals surface area contributed by atoms with E-state index in [1.165, 1.54) is 18.2 Å². The lowest BCUT2D eigenvalue weighted by molar-refractivity contribution is -0.139. The first kappa shape index (κ1) is 16.6. The number of amides is 1. The van der Waals surface area contributed by atoms with E-state index >= 15 is 0 Å². The van der Waals surface area contributed by atoms with E-state index in [0.717, 1.165) is 0 Å². The van der Waals surface area contributed by atoms with E-state index in [0.29, 0.717) is 4.47 Å². The molecule has 0 fully saturated rings. The quantitative estimate of drug-likeness (QED) is 0.647. The summed E-state index contributed by atoms with van der Waals surface area (Å²) in [6.07, 6.45) is -0.441. The fourth-order valence-corrected chi connectivity index (χ4v) is 3.66. The number of halogens is 1. The zero-order valence-corrected chi connectivity index (χ0v) is 12.6. The zero-order chi connectivity index (χ0) is 15.3. The van der Waals surface area contributed by atoms with E-state index in [-0.39, 0.29) is 17.7 Å². The summed E-state index contributed by atoms with van der Waals surface area (Å²) in [5.74, 6) is -2.07. The molecule has 1 aromatic carbocycles. The van der Waals surface area contributed by atoms with Gasteiger partial charge in [-0.05, 0) is 34.5 Å². The van der Waals surface area contributed by atoms with Crippen molar-refractivity contribution in [2.75, 3.05) is 0 Å². The Morgan fingerprint density at radius 2 is 1.95 bits per heavy atom. The van der Waals surface area contributed by atoms with Crippen LogP contribution in [0.1, 0.15) is 12.8 Å². The molecule has 20 heavy (non-hydrogen) atoms. The van der Waals surface area contributed by atoms with Gasteiger partial charge in [0.1, 0.15) is 6.04 Å². The third-order valence-corrected chi connectivity index (χ3v) is 4.88. The number of carbonyl (C=O) groups is 2. The highest BCUT2D eigenvalue weighted by Gasteiger charge is 2.26. The third kappa shape index (κ3) is 4.58. The number of hydrogen-bond donors (Lipinski definition) is 3. The monoisotopic (exact) mass is 364 g/mol. The Balaban J connectivity index is 2.95. The number of nitrogens with one attached hydrogen (secondary N) is 1. The topological polar surface area (TPSA) is 127 Å². The Labute approximate surface area is 124 Å². The number of carbonyl (C=O) groups excluding carboxylic acids is 1. The summed E-state index contributed by atoms with van der Waals surface area (Å²) >= 11 is 3.08. The van der Waals surface area contributed by atoms with Crippen LogP contribution in [-0.4, -0.2) is 31.4 Å². The number of benzene rings is 1. The molecule has 0 aliphatic heterocycles. The van der Waals surface area contributed by atoms with Gasteiger partial charge in [-0.3, -0.25) is 9.59 Å². The molecule has 0 saturated heterocycles. The Kier molecular flexibility index (Phi) is 5.66. The van der Waals surface area contributed by atoms with Gasteiger partial charge >= 0.3 is 5.97 Å². The number of hydrogen-bond acceptors (Lipinski definition) is 4. The fraction of sp³-hybridized carbons (Fsp3) is 0.273. The van der Waals surface area contributed by atoms with Crippen LogP contribution in [0.3, 0.4) is 0 Å². The molecule has 0 saturated carbocycles. The standard InChI is InChI=1S/C11H13BrN2O5S/c12-7-3-1-2-4-9(7)20(18,19)14-8(11(16)17)5-6-10(13)15/h1-4,8,14H,5-6H2,(H2,13,15)(H,16,17)/t8-/m1/s1. The molecule has 0 aliphatic rings. The van der Waals surface area contributed by atoms with E-state index in [9.17, 15) is 18.0 Å². The number of carboxylic acids is 1. The van der Waals surface area contributed by atoms with Crippen LogP contribution in [-0.2, 0) is 19.6 Å². The van der Waals surface area contributed by atoms with Crippen LogP contribution in [0.4, 0.5) is 0 Å². The molecule has 0 bridgehead atoms. The Morgan fingerprint density at radius 1 is 1.35 bits per heavy atom. The Hall–Kier alpha value is -1.45. The minimum atomic E-state index is -4.01. The van der Waals surface area contributed by atoms with Gasteiger partial charge in [0.15, 0.2) is 0 Å². The van der Waals surface area contributed by atoms with Crippen LogP contribution in [0.15, 0.2) is 33.6 Å². The second-order valence-electron chi connectivity index (χ2n) is 3.95. The summed E-state index contributed by atoms with van der Waals surface area (Å²) in [4.78, 5) is 21.6. The molecule has 1 atom stereocenters. The van der Waals surface area contributed by atoms with Gasteiger partial charge in [0.25, 0.3) is 0 Å². The maximum absolute atomic E-state index is 12.1. The van der Waals surface area contributed by atoms with Gasteiger partial charge in [0, 0.05) is 10.9 Å². The maximum Gasteiger partial charge on any atom is 0.321 e. The van der Waals surface area contributed by atoms with Crippen LogP contribution in [0.2, 0.25) is 0 Å². The first-order chi connectivity index (χ1) is 9.24. The molecule has 110 valence electrons. The van der Waals surface area contributed by atoms with E-state index < -0.39 is 27.9 Å². The first-order valence-corrected chi connectivity index (χ1v) is 7.79. The number of sulfonamides is 1. The summed E-state index contributed by atoms with van der Waals surface area (Å²) in [5, 5.41) is 8.97. The highest BCUT2D eigenvalue weighted by molar-refractivity contribution is 9.10. The molecular formula is C11H13BrN2O5S. The van der Waals surface area contributed by atoms with Crippen molar-refractivity contribution in [3.05, 3.63) is 28.7 Å². The van der Waals surface area contributed by atoms with E-state index in [4.69, 9.17) is 10.8 Å². The van der Waals surface area contributed by atoms with E-state index in [2.05, 4.69) is 15.9 Å². The molecule has 1 rings (SSSR count). The number of rotatable bonds is 7. The van der Waals surface area contributed by atoms with Gasteiger partial charge in [-0.2, -0.15) is 4.72 Å². The molecular weight excluding hydrogens is 352 g/mol. The SMILES string of the molecule is NC(=O)CC[C@@H](NS(=O)(=O)c1ccccc1Br)C(=O)O. The molecule has 1 amide bonds. The molecule has 0 unspecified atom stereocenters. The molecule has 0 aliphatic carbocycles. The van der Waals surface area contributed by atoms with Crippen molar-refractivity contribution in [1.82, 2.24) is 4.72 Å². The van der Waals surface area contributed by atoms with Gasteiger partial charge in [-0.1, -0.05) is 12.1 Å². The van der Waals surface area contributed by atoms with Crippen molar-refractivity contribution in [3.8, 4) is 0 Å². The molecule has 0 heterocycles. The molecule has 7 nitrogen and oxygen atoms in total. The van der Waals surface area contributed by atoms with Gasteiger partial charge in [-0.25, -0.2) is 8.42 Å². The number of carboxylic acid groups (broad SMARTS) is 1. The van der Waals surface area contributed by atoms with Crippen molar-refractivity contribution in [3.63, 3.8) is 0 Å². The summed E-state index contributed by atoms with van der Waals surface area (Å²) in [6, 6.07) is 4.58. The summed E-state index contributed by atoms with van der Waals surface area (Å²) in [5.41, 5.74) is 4.92. The van der Waals surface area contributed by atoms with Crippen LogP contribution in [0.5, 0.6) is 0 Å².